The van der Waals surface area contributed by atoms with Crippen LogP contribution in [0.5, 0.6) is 0 Å². The van der Waals surface area contributed by atoms with Crippen LogP contribution in [-0.2, 0) is 30.3 Å². The molecule has 1 aromatic rings. The first-order valence-corrected chi connectivity index (χ1v) is 18.7. The van der Waals surface area contributed by atoms with Crippen molar-refractivity contribution in [1.82, 2.24) is 16.0 Å². The van der Waals surface area contributed by atoms with E-state index in [1.165, 1.54) is 37.4 Å². The standard InChI is InChI=1S/C36H61N3O8S/c1-6-8-10-12-14-19-24-37-33(41)45-28-30(46-34(42)38-25-20-15-13-11-9-7-2)32(48-26-23-31(40)47-36(3,4)5)39-35(43)44-27-29-21-17-16-18-22-29/h16-18,21-22,30,32H,6-15,19-20,23-28H2,1-5H3,(H,37,41)(H,38,42)(H,39,43)/t30-,32-/m1/s1. The summed E-state index contributed by atoms with van der Waals surface area (Å²) in [6, 6.07) is 9.21. The molecule has 1 aromatic carbocycles. The molecule has 0 aliphatic heterocycles. The third-order valence-electron chi connectivity index (χ3n) is 7.07. The van der Waals surface area contributed by atoms with Crippen molar-refractivity contribution in [2.24, 2.45) is 0 Å². The van der Waals surface area contributed by atoms with Gasteiger partial charge in [-0.3, -0.25) is 4.79 Å². The number of rotatable bonds is 25. The van der Waals surface area contributed by atoms with Crippen LogP contribution in [0.25, 0.3) is 0 Å². The summed E-state index contributed by atoms with van der Waals surface area (Å²) in [5.41, 5.74) is 0.158. The molecule has 0 fully saturated rings. The van der Waals surface area contributed by atoms with Crippen molar-refractivity contribution in [2.75, 3.05) is 25.4 Å². The van der Waals surface area contributed by atoms with Crippen LogP contribution in [-0.4, -0.2) is 66.8 Å². The fraction of sp³-hybridized carbons (Fsp3) is 0.722. The van der Waals surface area contributed by atoms with Crippen LogP contribution in [0.15, 0.2) is 30.3 Å². The Morgan fingerprint density at radius 1 is 0.729 bits per heavy atom. The van der Waals surface area contributed by atoms with E-state index in [0.29, 0.717) is 13.1 Å². The number of ether oxygens (including phenoxy) is 4. The fourth-order valence-corrected chi connectivity index (χ4v) is 5.61. The molecule has 12 heteroatoms. The normalized spacial score (nSPS) is 12.4. The first-order valence-electron chi connectivity index (χ1n) is 17.7. The van der Waals surface area contributed by atoms with E-state index in [-0.39, 0.29) is 25.4 Å². The molecule has 0 saturated carbocycles. The van der Waals surface area contributed by atoms with Gasteiger partial charge in [-0.25, -0.2) is 14.4 Å². The summed E-state index contributed by atoms with van der Waals surface area (Å²) in [5, 5.41) is 7.35. The highest BCUT2D eigenvalue weighted by atomic mass is 32.2. The molecule has 0 unspecified atom stereocenters. The Hall–Kier alpha value is -3.15. The lowest BCUT2D eigenvalue weighted by atomic mass is 10.1. The molecule has 3 amide bonds. The smallest absolute Gasteiger partial charge is 0.408 e. The molecule has 2 atom stereocenters. The minimum atomic E-state index is -1.08. The van der Waals surface area contributed by atoms with E-state index in [9.17, 15) is 19.2 Å². The van der Waals surface area contributed by atoms with Crippen molar-refractivity contribution in [3.63, 3.8) is 0 Å². The Bertz CT molecular complexity index is 1020. The van der Waals surface area contributed by atoms with Crippen molar-refractivity contribution < 1.29 is 38.1 Å². The number of nitrogens with one attached hydrogen (secondary N) is 3. The minimum Gasteiger partial charge on any atom is -0.460 e. The van der Waals surface area contributed by atoms with Crippen LogP contribution in [0.1, 0.15) is 124 Å². The van der Waals surface area contributed by atoms with Crippen LogP contribution in [0.3, 0.4) is 0 Å². The molecule has 0 spiro atoms. The number of benzene rings is 1. The van der Waals surface area contributed by atoms with Crippen LogP contribution in [0.4, 0.5) is 14.4 Å². The Kier molecular flexibility index (Phi) is 23.9. The van der Waals surface area contributed by atoms with Gasteiger partial charge in [0.05, 0.1) is 6.42 Å². The highest BCUT2D eigenvalue weighted by Crippen LogP contribution is 2.19. The number of amides is 3. The van der Waals surface area contributed by atoms with Gasteiger partial charge in [0, 0.05) is 18.8 Å². The van der Waals surface area contributed by atoms with Crippen LogP contribution >= 0.6 is 11.8 Å². The van der Waals surface area contributed by atoms with Crippen LogP contribution in [0, 0.1) is 0 Å². The molecule has 3 N–H and O–H groups in total. The first kappa shape index (κ1) is 42.9. The van der Waals surface area contributed by atoms with E-state index in [0.717, 1.165) is 56.9 Å². The zero-order chi connectivity index (χ0) is 35.5. The van der Waals surface area contributed by atoms with Crippen LogP contribution < -0.4 is 16.0 Å². The third-order valence-corrected chi connectivity index (χ3v) is 8.29. The SMILES string of the molecule is CCCCCCCCNC(=O)OC[C@@H](OC(=O)NCCCCCCCC)[C@H](NC(=O)OCc1ccccc1)SCCC(=O)OC(C)(C)C. The summed E-state index contributed by atoms with van der Waals surface area (Å²) < 4.78 is 22.0. The van der Waals surface area contributed by atoms with Gasteiger partial charge in [0.2, 0.25) is 0 Å². The lowest BCUT2D eigenvalue weighted by Crippen LogP contribution is -2.48. The maximum absolute atomic E-state index is 12.9. The summed E-state index contributed by atoms with van der Waals surface area (Å²) in [4.78, 5) is 50.7. The van der Waals surface area contributed by atoms with E-state index in [1.807, 2.05) is 30.3 Å². The Morgan fingerprint density at radius 3 is 1.88 bits per heavy atom. The number of carbonyl (C=O) groups excluding carboxylic acids is 4. The molecular weight excluding hydrogens is 634 g/mol. The largest absolute Gasteiger partial charge is 0.460 e. The Morgan fingerprint density at radius 2 is 1.29 bits per heavy atom. The van der Waals surface area contributed by atoms with Gasteiger partial charge in [-0.05, 0) is 39.2 Å². The van der Waals surface area contributed by atoms with Crippen molar-refractivity contribution in [1.29, 1.82) is 0 Å². The summed E-state index contributed by atoms with van der Waals surface area (Å²) in [6.45, 7) is 10.3. The van der Waals surface area contributed by atoms with E-state index in [4.69, 9.17) is 18.9 Å². The molecule has 0 bridgehead atoms. The molecule has 0 aliphatic carbocycles. The van der Waals surface area contributed by atoms with Crippen molar-refractivity contribution in [2.45, 2.75) is 142 Å². The summed E-state index contributed by atoms with van der Waals surface area (Å²) in [5.74, 6) is -0.165. The zero-order valence-electron chi connectivity index (χ0n) is 29.9. The average Bonchev–Trinajstić information content (AvgIpc) is 3.04. The zero-order valence-corrected chi connectivity index (χ0v) is 30.8. The van der Waals surface area contributed by atoms with Gasteiger partial charge >= 0.3 is 24.2 Å². The number of thioether (sulfide) groups is 1. The van der Waals surface area contributed by atoms with Gasteiger partial charge in [-0.2, -0.15) is 0 Å². The second kappa shape index (κ2) is 26.8. The predicted molar refractivity (Wildman–Crippen MR) is 191 cm³/mol. The van der Waals surface area contributed by atoms with Crippen LogP contribution in [0.2, 0.25) is 0 Å². The topological polar surface area (TPSA) is 141 Å². The number of hydrogen-bond acceptors (Lipinski definition) is 9. The summed E-state index contributed by atoms with van der Waals surface area (Å²) in [6.07, 6.45) is 9.80. The Labute approximate surface area is 292 Å². The molecule has 11 nitrogen and oxygen atoms in total. The summed E-state index contributed by atoms with van der Waals surface area (Å²) >= 11 is 1.17. The molecular formula is C36H61N3O8S. The maximum atomic E-state index is 12.9. The van der Waals surface area contributed by atoms with Gasteiger partial charge < -0.3 is 34.9 Å². The third kappa shape index (κ3) is 24.1. The maximum Gasteiger partial charge on any atom is 0.408 e. The number of carbonyl (C=O) groups is 4. The number of unbranched alkanes of at least 4 members (excludes halogenated alkanes) is 10. The van der Waals surface area contributed by atoms with Crippen molar-refractivity contribution in [3.05, 3.63) is 35.9 Å². The van der Waals surface area contributed by atoms with E-state index in [2.05, 4.69) is 29.8 Å². The van der Waals surface area contributed by atoms with Crippen molar-refractivity contribution >= 4 is 36.0 Å². The summed E-state index contributed by atoms with van der Waals surface area (Å²) in [7, 11) is 0. The van der Waals surface area contributed by atoms with Crippen molar-refractivity contribution in [3.8, 4) is 0 Å². The van der Waals surface area contributed by atoms with Gasteiger partial charge in [-0.15, -0.1) is 11.8 Å². The van der Waals surface area contributed by atoms with Gasteiger partial charge in [-0.1, -0.05) is 108 Å². The highest BCUT2D eigenvalue weighted by molar-refractivity contribution is 7.99. The number of esters is 1. The molecule has 0 aliphatic rings. The van der Waals surface area contributed by atoms with E-state index in [1.54, 1.807) is 20.8 Å². The second-order valence-electron chi connectivity index (χ2n) is 12.8. The minimum absolute atomic E-state index is 0.0313. The lowest BCUT2D eigenvalue weighted by molar-refractivity contribution is -0.154. The Balaban J connectivity index is 2.91. The molecule has 274 valence electrons. The molecule has 0 saturated heterocycles. The van der Waals surface area contributed by atoms with Gasteiger partial charge in [0.25, 0.3) is 0 Å². The second-order valence-corrected chi connectivity index (χ2v) is 14.0. The highest BCUT2D eigenvalue weighted by Gasteiger charge is 2.30. The van der Waals surface area contributed by atoms with Gasteiger partial charge in [0.15, 0.2) is 6.10 Å². The van der Waals surface area contributed by atoms with E-state index < -0.39 is 41.3 Å². The number of hydrogen-bond donors (Lipinski definition) is 3. The van der Waals surface area contributed by atoms with Gasteiger partial charge in [0.1, 0.15) is 24.2 Å². The quantitative estimate of drug-likeness (QED) is 0.0399. The molecule has 48 heavy (non-hydrogen) atoms. The fourth-order valence-electron chi connectivity index (χ4n) is 4.55. The average molecular weight is 696 g/mol. The molecule has 0 aromatic heterocycles. The predicted octanol–water partition coefficient (Wildman–Crippen LogP) is 8.25. The molecule has 0 radical (unpaired) electrons. The first-order chi connectivity index (χ1) is 23.0. The monoisotopic (exact) mass is 695 g/mol. The lowest BCUT2D eigenvalue weighted by Gasteiger charge is -2.27. The molecule has 1 rings (SSSR count). The van der Waals surface area contributed by atoms with E-state index >= 15 is 0 Å². The number of alkyl carbamates (subject to hydrolysis) is 3. The molecule has 0 heterocycles.